The van der Waals surface area contributed by atoms with E-state index in [2.05, 4.69) is 29.8 Å². The first kappa shape index (κ1) is 11.9. The van der Waals surface area contributed by atoms with E-state index in [1.54, 1.807) is 6.20 Å². The molecule has 0 saturated heterocycles. The van der Waals surface area contributed by atoms with E-state index in [-0.39, 0.29) is 0 Å². The minimum absolute atomic E-state index is 0.595. The predicted octanol–water partition coefficient (Wildman–Crippen LogP) is 3.36. The molecule has 0 N–H and O–H groups in total. The third-order valence-corrected chi connectivity index (χ3v) is 3.05. The van der Waals surface area contributed by atoms with E-state index in [1.807, 2.05) is 6.07 Å². The highest BCUT2D eigenvalue weighted by Gasteiger charge is 2.29. The molecule has 0 amide bonds. The summed E-state index contributed by atoms with van der Waals surface area (Å²) in [6.07, 6.45) is 4.50. The molecule has 1 fully saturated rings. The van der Waals surface area contributed by atoms with Gasteiger partial charge in [0.15, 0.2) is 0 Å². The Morgan fingerprint density at radius 3 is 2.81 bits per heavy atom. The zero-order valence-corrected chi connectivity index (χ0v) is 10.7. The van der Waals surface area contributed by atoms with Crippen LogP contribution in [0.25, 0.3) is 0 Å². The molecule has 88 valence electrons. The number of nitrogens with zero attached hydrogens (tertiary/aromatic N) is 2. The summed E-state index contributed by atoms with van der Waals surface area (Å²) < 4.78 is 0. The molecule has 0 aliphatic heterocycles. The van der Waals surface area contributed by atoms with Gasteiger partial charge in [-0.15, -0.1) is 0 Å². The summed E-state index contributed by atoms with van der Waals surface area (Å²) in [5.74, 6) is 0.720. The highest BCUT2D eigenvalue weighted by atomic mass is 35.5. The Hall–Kier alpha value is -0.600. The molecule has 0 spiro atoms. The highest BCUT2D eigenvalue weighted by molar-refractivity contribution is 6.29. The van der Waals surface area contributed by atoms with Crippen molar-refractivity contribution in [2.24, 2.45) is 5.92 Å². The van der Waals surface area contributed by atoms with Crippen LogP contribution in [-0.2, 0) is 6.54 Å². The average Bonchev–Trinajstić information content (AvgIpc) is 2.99. The van der Waals surface area contributed by atoms with E-state index in [9.17, 15) is 0 Å². The van der Waals surface area contributed by atoms with Crippen molar-refractivity contribution in [3.05, 3.63) is 29.0 Å². The second-order valence-corrected chi connectivity index (χ2v) is 5.43. The Labute approximate surface area is 103 Å². The van der Waals surface area contributed by atoms with E-state index < -0.39 is 0 Å². The Balaban J connectivity index is 1.99. The highest BCUT2D eigenvalue weighted by Crippen LogP contribution is 2.29. The maximum atomic E-state index is 5.90. The van der Waals surface area contributed by atoms with Crippen molar-refractivity contribution in [1.82, 2.24) is 9.88 Å². The summed E-state index contributed by atoms with van der Waals surface area (Å²) in [6.45, 7) is 6.72. The number of pyridine rings is 1. The number of hydrogen-bond donors (Lipinski definition) is 0. The molecule has 3 heteroatoms. The summed E-state index contributed by atoms with van der Waals surface area (Å²) in [4.78, 5) is 6.58. The van der Waals surface area contributed by atoms with Crippen LogP contribution in [0, 0.1) is 5.92 Å². The lowest BCUT2D eigenvalue weighted by Crippen LogP contribution is -2.29. The molecule has 2 rings (SSSR count). The molecule has 1 saturated carbocycles. The quantitative estimate of drug-likeness (QED) is 0.732. The van der Waals surface area contributed by atoms with E-state index in [1.165, 1.54) is 24.9 Å². The molecule has 1 heterocycles. The van der Waals surface area contributed by atoms with Gasteiger partial charge < -0.3 is 0 Å². The normalized spacial score (nSPS) is 16.1. The Morgan fingerprint density at radius 2 is 2.25 bits per heavy atom. The Morgan fingerprint density at radius 1 is 1.50 bits per heavy atom. The smallest absolute Gasteiger partial charge is 0.129 e. The molecule has 0 aromatic carbocycles. The number of hydrogen-bond acceptors (Lipinski definition) is 2. The number of aromatic nitrogens is 1. The molecule has 0 unspecified atom stereocenters. The topological polar surface area (TPSA) is 16.1 Å². The fourth-order valence-electron chi connectivity index (χ4n) is 2.03. The van der Waals surface area contributed by atoms with Gasteiger partial charge in [0.2, 0.25) is 0 Å². The maximum absolute atomic E-state index is 5.90. The van der Waals surface area contributed by atoms with Gasteiger partial charge in [0.1, 0.15) is 5.15 Å². The van der Waals surface area contributed by atoms with Crippen LogP contribution in [0.15, 0.2) is 18.3 Å². The van der Waals surface area contributed by atoms with Gasteiger partial charge >= 0.3 is 0 Å². The lowest BCUT2D eigenvalue weighted by molar-refractivity contribution is 0.226. The summed E-state index contributed by atoms with van der Waals surface area (Å²) >= 11 is 5.90. The van der Waals surface area contributed by atoms with Crippen molar-refractivity contribution in [2.45, 2.75) is 39.3 Å². The Bertz CT molecular complexity index is 348. The minimum atomic E-state index is 0.595. The van der Waals surface area contributed by atoms with Gasteiger partial charge in [0.05, 0.1) is 0 Å². The maximum Gasteiger partial charge on any atom is 0.129 e. The molecule has 16 heavy (non-hydrogen) atoms. The number of rotatable bonds is 5. The van der Waals surface area contributed by atoms with Gasteiger partial charge in [0, 0.05) is 25.3 Å². The monoisotopic (exact) mass is 238 g/mol. The second kappa shape index (κ2) is 5.15. The molecule has 0 atom stereocenters. The summed E-state index contributed by atoms with van der Waals surface area (Å²) in [7, 11) is 0. The Kier molecular flexibility index (Phi) is 3.82. The van der Waals surface area contributed by atoms with Gasteiger partial charge in [-0.1, -0.05) is 25.4 Å². The standard InChI is InChI=1S/C13H19ClN2/c1-10(2)8-16(12-3-4-12)9-11-5-6-15-13(14)7-11/h5-7,10,12H,3-4,8-9H2,1-2H3. The van der Waals surface area contributed by atoms with Gasteiger partial charge in [-0.25, -0.2) is 4.98 Å². The van der Waals surface area contributed by atoms with Crippen LogP contribution in [0.4, 0.5) is 0 Å². The minimum Gasteiger partial charge on any atom is -0.296 e. The van der Waals surface area contributed by atoms with Crippen molar-refractivity contribution in [3.63, 3.8) is 0 Å². The van der Waals surface area contributed by atoms with E-state index in [0.717, 1.165) is 18.5 Å². The first-order valence-corrected chi connectivity index (χ1v) is 6.37. The molecule has 1 aromatic rings. The summed E-state index contributed by atoms with van der Waals surface area (Å²) in [6, 6.07) is 4.83. The van der Waals surface area contributed by atoms with Crippen molar-refractivity contribution in [2.75, 3.05) is 6.54 Å². The van der Waals surface area contributed by atoms with E-state index in [4.69, 9.17) is 11.6 Å². The lowest BCUT2D eigenvalue weighted by atomic mass is 10.2. The average molecular weight is 239 g/mol. The summed E-state index contributed by atoms with van der Waals surface area (Å²) in [5, 5.41) is 0.595. The molecule has 1 aromatic heterocycles. The van der Waals surface area contributed by atoms with Crippen LogP contribution >= 0.6 is 11.6 Å². The van der Waals surface area contributed by atoms with Crippen LogP contribution < -0.4 is 0 Å². The molecule has 0 radical (unpaired) electrons. The van der Waals surface area contributed by atoms with Crippen molar-refractivity contribution in [3.8, 4) is 0 Å². The second-order valence-electron chi connectivity index (χ2n) is 5.04. The van der Waals surface area contributed by atoms with E-state index in [0.29, 0.717) is 5.15 Å². The van der Waals surface area contributed by atoms with Crippen molar-refractivity contribution < 1.29 is 0 Å². The van der Waals surface area contributed by atoms with Crippen LogP contribution in [0.5, 0.6) is 0 Å². The molecule has 0 bridgehead atoms. The first-order chi connectivity index (χ1) is 7.65. The SMILES string of the molecule is CC(C)CN(Cc1ccnc(Cl)c1)C1CC1. The third-order valence-electron chi connectivity index (χ3n) is 2.84. The van der Waals surface area contributed by atoms with Gasteiger partial charge in [0.25, 0.3) is 0 Å². The zero-order chi connectivity index (χ0) is 11.5. The third kappa shape index (κ3) is 3.46. The molecular weight excluding hydrogens is 220 g/mol. The predicted molar refractivity (Wildman–Crippen MR) is 67.5 cm³/mol. The number of halogens is 1. The largest absolute Gasteiger partial charge is 0.296 e. The van der Waals surface area contributed by atoms with Gasteiger partial charge in [-0.2, -0.15) is 0 Å². The van der Waals surface area contributed by atoms with Crippen LogP contribution in [0.3, 0.4) is 0 Å². The van der Waals surface area contributed by atoms with Crippen LogP contribution in [-0.4, -0.2) is 22.5 Å². The molecular formula is C13H19ClN2. The molecule has 2 nitrogen and oxygen atoms in total. The lowest BCUT2D eigenvalue weighted by Gasteiger charge is -2.24. The summed E-state index contributed by atoms with van der Waals surface area (Å²) in [5.41, 5.74) is 1.27. The van der Waals surface area contributed by atoms with E-state index >= 15 is 0 Å². The fraction of sp³-hybridized carbons (Fsp3) is 0.615. The van der Waals surface area contributed by atoms with Crippen molar-refractivity contribution in [1.29, 1.82) is 0 Å². The van der Waals surface area contributed by atoms with Crippen LogP contribution in [0.2, 0.25) is 5.15 Å². The van der Waals surface area contributed by atoms with Crippen molar-refractivity contribution >= 4 is 11.6 Å². The fourth-order valence-corrected chi connectivity index (χ4v) is 2.22. The van der Waals surface area contributed by atoms with Gasteiger partial charge in [-0.3, -0.25) is 4.90 Å². The zero-order valence-electron chi connectivity index (χ0n) is 9.99. The molecule has 1 aliphatic rings. The molecule has 1 aliphatic carbocycles. The first-order valence-electron chi connectivity index (χ1n) is 5.99. The van der Waals surface area contributed by atoms with Gasteiger partial charge in [-0.05, 0) is 36.5 Å². The van der Waals surface area contributed by atoms with Crippen LogP contribution in [0.1, 0.15) is 32.3 Å².